The van der Waals surface area contributed by atoms with Crippen LogP contribution in [0.3, 0.4) is 0 Å². The Bertz CT molecular complexity index is 1450. The standard InChI is InChI=1S/C24H17ClFN5OS/c25-15-4-3-5-17(12-15)28-22(32)14-33-24-30-29-23(31(24)18-10-8-16(26)9-11-18)20-13-27-21-7-2-1-6-19(20)21/h1-13,27H,14H2,(H,28,32). The van der Waals surface area contributed by atoms with Crippen molar-refractivity contribution >= 4 is 45.9 Å². The maximum Gasteiger partial charge on any atom is 0.234 e. The average Bonchev–Trinajstić information content (AvgIpc) is 3.42. The lowest BCUT2D eigenvalue weighted by Crippen LogP contribution is -2.14. The van der Waals surface area contributed by atoms with Crippen LogP contribution in [0.1, 0.15) is 0 Å². The molecular formula is C24H17ClFN5OS. The van der Waals surface area contributed by atoms with Crippen LogP contribution in [0.2, 0.25) is 5.02 Å². The molecule has 33 heavy (non-hydrogen) atoms. The second-order valence-corrected chi connectivity index (χ2v) is 8.59. The van der Waals surface area contributed by atoms with Crippen molar-refractivity contribution in [2.75, 3.05) is 11.1 Å². The van der Waals surface area contributed by atoms with E-state index in [1.807, 2.05) is 35.0 Å². The zero-order valence-corrected chi connectivity index (χ0v) is 18.7. The molecule has 3 aromatic carbocycles. The van der Waals surface area contributed by atoms with Crippen molar-refractivity contribution in [3.05, 3.63) is 89.8 Å². The monoisotopic (exact) mass is 477 g/mol. The molecule has 2 heterocycles. The summed E-state index contributed by atoms with van der Waals surface area (Å²) in [5, 5.41) is 13.6. The lowest BCUT2D eigenvalue weighted by Gasteiger charge is -2.10. The molecule has 0 radical (unpaired) electrons. The van der Waals surface area contributed by atoms with Crippen molar-refractivity contribution in [1.82, 2.24) is 19.7 Å². The first-order valence-electron chi connectivity index (χ1n) is 10.0. The largest absolute Gasteiger partial charge is 0.360 e. The molecule has 2 N–H and O–H groups in total. The summed E-state index contributed by atoms with van der Waals surface area (Å²) in [6.45, 7) is 0. The minimum atomic E-state index is -0.337. The SMILES string of the molecule is O=C(CSc1nnc(-c2c[nH]c3ccccc23)n1-c1ccc(F)cc1)Nc1cccc(Cl)c1. The summed E-state index contributed by atoms with van der Waals surface area (Å²) in [6.07, 6.45) is 1.87. The lowest BCUT2D eigenvalue weighted by molar-refractivity contribution is -0.113. The van der Waals surface area contributed by atoms with E-state index in [4.69, 9.17) is 11.6 Å². The molecule has 0 saturated heterocycles. The molecule has 2 aromatic heterocycles. The molecule has 5 aromatic rings. The highest BCUT2D eigenvalue weighted by molar-refractivity contribution is 7.99. The molecule has 0 bridgehead atoms. The van der Waals surface area contributed by atoms with Crippen molar-refractivity contribution in [2.45, 2.75) is 5.16 Å². The Morgan fingerprint density at radius 1 is 1.06 bits per heavy atom. The average molecular weight is 478 g/mol. The third kappa shape index (κ3) is 4.48. The van der Waals surface area contributed by atoms with E-state index in [1.165, 1.54) is 23.9 Å². The molecule has 0 unspecified atom stereocenters. The van der Waals surface area contributed by atoms with E-state index in [0.717, 1.165) is 16.5 Å². The number of benzene rings is 3. The highest BCUT2D eigenvalue weighted by atomic mass is 35.5. The highest BCUT2D eigenvalue weighted by Gasteiger charge is 2.20. The van der Waals surface area contributed by atoms with Crippen molar-refractivity contribution in [3.8, 4) is 17.1 Å². The Morgan fingerprint density at radius 2 is 1.88 bits per heavy atom. The Labute approximate surface area is 197 Å². The molecular weight excluding hydrogens is 461 g/mol. The van der Waals surface area contributed by atoms with E-state index in [9.17, 15) is 9.18 Å². The number of aromatic amines is 1. The topological polar surface area (TPSA) is 75.6 Å². The van der Waals surface area contributed by atoms with Gasteiger partial charge in [0.15, 0.2) is 11.0 Å². The minimum absolute atomic E-state index is 0.111. The number of carbonyl (C=O) groups is 1. The zero-order chi connectivity index (χ0) is 22.8. The summed E-state index contributed by atoms with van der Waals surface area (Å²) in [7, 11) is 0. The summed E-state index contributed by atoms with van der Waals surface area (Å²) >= 11 is 7.23. The fraction of sp³-hybridized carbons (Fsp3) is 0.0417. The van der Waals surface area contributed by atoms with Crippen LogP contribution in [0.4, 0.5) is 10.1 Å². The number of nitrogens with one attached hydrogen (secondary N) is 2. The summed E-state index contributed by atoms with van der Waals surface area (Å²) in [4.78, 5) is 15.8. The number of aromatic nitrogens is 4. The predicted octanol–water partition coefficient (Wildman–Crippen LogP) is 5.94. The summed E-state index contributed by atoms with van der Waals surface area (Å²) in [5.74, 6) is 0.164. The fourth-order valence-corrected chi connectivity index (χ4v) is 4.45. The van der Waals surface area contributed by atoms with Crippen LogP contribution in [-0.2, 0) is 4.79 Å². The van der Waals surface area contributed by atoms with Gasteiger partial charge in [0, 0.05) is 39.1 Å². The number of H-pyrrole nitrogens is 1. The number of fused-ring (bicyclic) bond motifs is 1. The van der Waals surface area contributed by atoms with Gasteiger partial charge in [0.2, 0.25) is 5.91 Å². The minimum Gasteiger partial charge on any atom is -0.360 e. The Morgan fingerprint density at radius 3 is 2.70 bits per heavy atom. The molecule has 6 nitrogen and oxygen atoms in total. The number of carbonyl (C=O) groups excluding carboxylic acids is 1. The predicted molar refractivity (Wildman–Crippen MR) is 129 cm³/mol. The van der Waals surface area contributed by atoms with E-state index in [0.29, 0.717) is 27.4 Å². The molecule has 0 aliphatic rings. The third-order valence-corrected chi connectivity index (χ3v) is 6.15. The number of thioether (sulfide) groups is 1. The first kappa shape index (κ1) is 21.2. The van der Waals surface area contributed by atoms with E-state index in [2.05, 4.69) is 20.5 Å². The molecule has 0 aliphatic carbocycles. The van der Waals surface area contributed by atoms with Crippen LogP contribution in [0.5, 0.6) is 0 Å². The van der Waals surface area contributed by atoms with Gasteiger partial charge < -0.3 is 10.3 Å². The fourth-order valence-electron chi connectivity index (χ4n) is 3.51. The van der Waals surface area contributed by atoms with Crippen LogP contribution < -0.4 is 5.32 Å². The zero-order valence-electron chi connectivity index (χ0n) is 17.1. The van der Waals surface area contributed by atoms with Gasteiger partial charge in [0.25, 0.3) is 0 Å². The van der Waals surface area contributed by atoms with E-state index in [1.54, 1.807) is 36.4 Å². The molecule has 0 fully saturated rings. The Kier molecular flexibility index (Phi) is 5.85. The van der Waals surface area contributed by atoms with Gasteiger partial charge in [-0.25, -0.2) is 4.39 Å². The van der Waals surface area contributed by atoms with Crippen molar-refractivity contribution in [1.29, 1.82) is 0 Å². The van der Waals surface area contributed by atoms with Gasteiger partial charge in [-0.05, 0) is 48.5 Å². The van der Waals surface area contributed by atoms with Crippen molar-refractivity contribution in [3.63, 3.8) is 0 Å². The van der Waals surface area contributed by atoms with Crippen LogP contribution in [-0.4, -0.2) is 31.4 Å². The first-order valence-corrected chi connectivity index (χ1v) is 11.4. The van der Waals surface area contributed by atoms with Gasteiger partial charge in [-0.1, -0.05) is 47.6 Å². The van der Waals surface area contributed by atoms with Crippen LogP contribution in [0.25, 0.3) is 28.0 Å². The van der Waals surface area contributed by atoms with Gasteiger partial charge in [0.05, 0.1) is 5.75 Å². The van der Waals surface area contributed by atoms with E-state index >= 15 is 0 Å². The number of amides is 1. The van der Waals surface area contributed by atoms with Crippen LogP contribution >= 0.6 is 23.4 Å². The molecule has 0 aliphatic heterocycles. The van der Waals surface area contributed by atoms with Crippen LogP contribution in [0.15, 0.2) is 84.1 Å². The number of hydrogen-bond acceptors (Lipinski definition) is 4. The Hall–Kier alpha value is -3.62. The van der Waals surface area contributed by atoms with Crippen molar-refractivity contribution < 1.29 is 9.18 Å². The van der Waals surface area contributed by atoms with E-state index in [-0.39, 0.29) is 17.5 Å². The maximum absolute atomic E-state index is 13.6. The number of para-hydroxylation sites is 1. The molecule has 0 spiro atoms. The molecule has 164 valence electrons. The lowest BCUT2D eigenvalue weighted by atomic mass is 10.1. The maximum atomic E-state index is 13.6. The molecule has 0 saturated carbocycles. The normalized spacial score (nSPS) is 11.1. The van der Waals surface area contributed by atoms with Crippen molar-refractivity contribution in [2.24, 2.45) is 0 Å². The van der Waals surface area contributed by atoms with Gasteiger partial charge in [0.1, 0.15) is 5.82 Å². The number of halogens is 2. The number of anilines is 1. The summed E-state index contributed by atoms with van der Waals surface area (Å²) in [6, 6.07) is 20.9. The second-order valence-electron chi connectivity index (χ2n) is 7.21. The van der Waals surface area contributed by atoms with Gasteiger partial charge in [-0.15, -0.1) is 10.2 Å². The molecule has 1 amide bonds. The number of rotatable bonds is 6. The summed E-state index contributed by atoms with van der Waals surface area (Å²) in [5.41, 5.74) is 3.14. The van der Waals surface area contributed by atoms with Crippen LogP contribution in [0, 0.1) is 5.82 Å². The van der Waals surface area contributed by atoms with E-state index < -0.39 is 0 Å². The third-order valence-electron chi connectivity index (χ3n) is 4.99. The quantitative estimate of drug-likeness (QED) is 0.297. The number of nitrogens with zero attached hydrogens (tertiary/aromatic N) is 3. The number of hydrogen-bond donors (Lipinski definition) is 2. The summed E-state index contributed by atoms with van der Waals surface area (Å²) < 4.78 is 15.4. The molecule has 9 heteroatoms. The second kappa shape index (κ2) is 9.09. The Balaban J connectivity index is 1.47. The first-order chi connectivity index (χ1) is 16.1. The van der Waals surface area contributed by atoms with Gasteiger partial charge in [-0.2, -0.15) is 0 Å². The smallest absolute Gasteiger partial charge is 0.234 e. The van der Waals surface area contributed by atoms with Gasteiger partial charge in [-0.3, -0.25) is 9.36 Å². The molecule has 0 atom stereocenters. The highest BCUT2D eigenvalue weighted by Crippen LogP contribution is 2.32. The molecule has 5 rings (SSSR count). The van der Waals surface area contributed by atoms with Gasteiger partial charge >= 0.3 is 0 Å².